The summed E-state index contributed by atoms with van der Waals surface area (Å²) in [4.78, 5) is 25.3. The van der Waals surface area contributed by atoms with Gasteiger partial charge in [-0.2, -0.15) is 13.2 Å². The van der Waals surface area contributed by atoms with E-state index in [-0.39, 0.29) is 30.9 Å². The number of esters is 1. The van der Waals surface area contributed by atoms with Crippen molar-refractivity contribution in [2.75, 3.05) is 22.6 Å². The molecule has 0 spiro atoms. The van der Waals surface area contributed by atoms with Crippen molar-refractivity contribution in [1.29, 1.82) is 0 Å². The Balaban J connectivity index is 1.51. The lowest BCUT2D eigenvalue weighted by Crippen LogP contribution is -2.43. The van der Waals surface area contributed by atoms with Crippen LogP contribution < -0.4 is 20.7 Å². The smallest absolute Gasteiger partial charge is 0.471 e. The molecule has 0 radical (unpaired) electrons. The molecule has 0 saturated carbocycles. The number of carbonyl (C=O) groups excluding carboxylic acids is 2. The monoisotopic (exact) mass is 543 g/mol. The highest BCUT2D eigenvalue weighted by Crippen LogP contribution is 2.46. The van der Waals surface area contributed by atoms with Crippen LogP contribution in [0.25, 0.3) is 0 Å². The molecule has 3 aromatic carbocycles. The fraction of sp³-hybridized carbons (Fsp3) is 0.286. The number of amides is 1. The first-order valence-electron chi connectivity index (χ1n) is 12.4. The Morgan fingerprint density at radius 2 is 1.90 bits per heavy atom. The average Bonchev–Trinajstić information content (AvgIpc) is 3.50. The van der Waals surface area contributed by atoms with Crippen LogP contribution in [0.5, 0.6) is 5.75 Å². The van der Waals surface area contributed by atoms with Gasteiger partial charge in [0.05, 0.1) is 17.4 Å². The zero-order valence-corrected chi connectivity index (χ0v) is 20.8. The van der Waals surface area contributed by atoms with Crippen LogP contribution in [0.1, 0.15) is 48.6 Å². The molecular weight excluding hydrogens is 518 g/mol. The van der Waals surface area contributed by atoms with Crippen LogP contribution in [0, 0.1) is 5.82 Å². The lowest BCUT2D eigenvalue weighted by Gasteiger charge is -2.31. The van der Waals surface area contributed by atoms with Gasteiger partial charge < -0.3 is 20.5 Å². The van der Waals surface area contributed by atoms with Gasteiger partial charge in [0.1, 0.15) is 18.2 Å². The van der Waals surface area contributed by atoms with Crippen molar-refractivity contribution in [3.8, 4) is 5.75 Å². The first-order chi connectivity index (χ1) is 18.6. The number of nitrogens with zero attached hydrogens (tertiary/aromatic N) is 1. The van der Waals surface area contributed by atoms with E-state index in [9.17, 15) is 27.2 Å². The Morgan fingerprint density at radius 3 is 2.64 bits per heavy atom. The zero-order valence-electron chi connectivity index (χ0n) is 20.8. The summed E-state index contributed by atoms with van der Waals surface area (Å²) in [5.74, 6) is -2.69. The number of nitrogens with two attached hydrogens (primary N) is 1. The minimum Gasteiger partial charge on any atom is -0.489 e. The van der Waals surface area contributed by atoms with E-state index in [2.05, 4.69) is 5.32 Å². The molecule has 1 aliphatic carbocycles. The quantitative estimate of drug-likeness (QED) is 0.221. The lowest BCUT2D eigenvalue weighted by molar-refractivity contribution is -0.171. The maximum absolute atomic E-state index is 13.8. The molecule has 3 aromatic rings. The Kier molecular flexibility index (Phi) is 6.83. The van der Waals surface area contributed by atoms with E-state index in [1.54, 1.807) is 25.1 Å². The van der Waals surface area contributed by atoms with Crippen molar-refractivity contribution in [1.82, 2.24) is 0 Å². The first-order valence-corrected chi connectivity index (χ1v) is 12.4. The maximum atomic E-state index is 13.8. The maximum Gasteiger partial charge on any atom is 0.471 e. The summed E-state index contributed by atoms with van der Waals surface area (Å²) in [5.41, 5.74) is 8.91. The van der Waals surface area contributed by atoms with Crippen LogP contribution in [0.2, 0.25) is 0 Å². The van der Waals surface area contributed by atoms with E-state index in [0.717, 1.165) is 4.90 Å². The predicted octanol–water partition coefficient (Wildman–Crippen LogP) is 6.12. The second-order valence-electron chi connectivity index (χ2n) is 9.32. The van der Waals surface area contributed by atoms with Gasteiger partial charge in [-0.1, -0.05) is 19.1 Å². The van der Waals surface area contributed by atoms with Crippen molar-refractivity contribution < 1.29 is 36.6 Å². The molecule has 5 rings (SSSR count). The number of halogens is 4. The van der Waals surface area contributed by atoms with Crippen LogP contribution in [-0.4, -0.2) is 24.7 Å². The molecule has 0 saturated heterocycles. The van der Waals surface area contributed by atoms with Crippen LogP contribution >= 0.6 is 0 Å². The zero-order chi connectivity index (χ0) is 27.9. The van der Waals surface area contributed by atoms with E-state index < -0.39 is 36.0 Å². The third kappa shape index (κ3) is 5.08. The van der Waals surface area contributed by atoms with E-state index in [1.165, 1.54) is 36.4 Å². The fourth-order valence-electron chi connectivity index (χ4n) is 5.03. The summed E-state index contributed by atoms with van der Waals surface area (Å²) >= 11 is 0. The second-order valence-corrected chi connectivity index (χ2v) is 9.32. The van der Waals surface area contributed by atoms with Gasteiger partial charge in [0.15, 0.2) is 6.10 Å². The highest BCUT2D eigenvalue weighted by molar-refractivity contribution is 5.98. The summed E-state index contributed by atoms with van der Waals surface area (Å²) in [6.07, 6.45) is -5.04. The number of nitrogen functional groups attached to an aromatic ring is 1. The van der Waals surface area contributed by atoms with E-state index in [0.29, 0.717) is 40.2 Å². The first kappa shape index (κ1) is 26.3. The largest absolute Gasteiger partial charge is 0.489 e. The summed E-state index contributed by atoms with van der Waals surface area (Å²) < 4.78 is 66.3. The molecule has 1 aliphatic heterocycles. The van der Waals surface area contributed by atoms with Gasteiger partial charge in [0.25, 0.3) is 0 Å². The van der Waals surface area contributed by atoms with Gasteiger partial charge in [0, 0.05) is 29.4 Å². The second kappa shape index (κ2) is 10.1. The topological polar surface area (TPSA) is 93.9 Å². The molecule has 0 bridgehead atoms. The standard InChI is InChI=1S/C28H25F4N3O4/c1-2-26(36)39-25-14-38-24-13-16(7-8-19(24)25)35(27(37)28(30,31)32)23-11-9-17-18(23)4-3-5-21(17)34-22-12-15(29)6-10-20(22)33/h3-8,10,12-13,23,25,34H,2,9,11,14,33H2,1H3/t23?,25-/m1/s1. The molecule has 1 unspecified atom stereocenters. The normalized spacial score (nSPS) is 17.7. The van der Waals surface area contributed by atoms with Gasteiger partial charge in [0.2, 0.25) is 0 Å². The predicted molar refractivity (Wildman–Crippen MR) is 136 cm³/mol. The number of nitrogens with one attached hydrogen (secondary N) is 1. The third-order valence-corrected chi connectivity index (χ3v) is 6.87. The molecule has 2 atom stereocenters. The molecule has 1 amide bonds. The summed E-state index contributed by atoms with van der Waals surface area (Å²) in [7, 11) is 0. The van der Waals surface area contributed by atoms with Crippen LogP contribution in [-0.2, 0) is 20.7 Å². The van der Waals surface area contributed by atoms with E-state index in [1.807, 2.05) is 0 Å². The van der Waals surface area contributed by atoms with Crippen LogP contribution in [0.15, 0.2) is 54.6 Å². The number of benzene rings is 3. The van der Waals surface area contributed by atoms with Crippen molar-refractivity contribution in [3.63, 3.8) is 0 Å². The van der Waals surface area contributed by atoms with Crippen molar-refractivity contribution in [2.45, 2.75) is 44.5 Å². The molecule has 2 aliphatic rings. The number of ether oxygens (including phenoxy) is 2. The molecule has 204 valence electrons. The molecule has 3 N–H and O–H groups in total. The van der Waals surface area contributed by atoms with Crippen molar-refractivity contribution in [3.05, 3.63) is 77.1 Å². The third-order valence-electron chi connectivity index (χ3n) is 6.87. The van der Waals surface area contributed by atoms with Gasteiger partial charge in [-0.15, -0.1) is 0 Å². The summed E-state index contributed by atoms with van der Waals surface area (Å²) in [5, 5.41) is 3.08. The van der Waals surface area contributed by atoms with Gasteiger partial charge in [-0.05, 0) is 60.4 Å². The number of fused-ring (bicyclic) bond motifs is 2. The minimum atomic E-state index is -5.13. The number of alkyl halides is 3. The minimum absolute atomic E-state index is 0.00382. The Bertz CT molecular complexity index is 1440. The number of anilines is 4. The average molecular weight is 544 g/mol. The number of rotatable bonds is 6. The number of carbonyl (C=O) groups is 2. The van der Waals surface area contributed by atoms with Crippen molar-refractivity contribution in [2.24, 2.45) is 0 Å². The Hall–Kier alpha value is -4.28. The Morgan fingerprint density at radius 1 is 1.10 bits per heavy atom. The van der Waals surface area contributed by atoms with Gasteiger partial charge in [-0.25, -0.2) is 4.39 Å². The van der Waals surface area contributed by atoms with Crippen LogP contribution in [0.4, 0.5) is 40.3 Å². The summed E-state index contributed by atoms with van der Waals surface area (Å²) in [6.45, 7) is 1.68. The molecule has 1 heterocycles. The highest BCUT2D eigenvalue weighted by atomic mass is 19.4. The SMILES string of the molecule is CCC(=O)O[C@@H]1COc2cc(N(C(=O)C(F)(F)F)C3CCc4c(Nc5cc(F)ccc5N)cccc43)ccc21. The van der Waals surface area contributed by atoms with Crippen LogP contribution in [0.3, 0.4) is 0 Å². The molecule has 11 heteroatoms. The van der Waals surface area contributed by atoms with Crippen molar-refractivity contribution >= 4 is 34.6 Å². The van der Waals surface area contributed by atoms with Gasteiger partial charge >= 0.3 is 18.1 Å². The summed E-state index contributed by atoms with van der Waals surface area (Å²) in [6, 6.07) is 12.3. The lowest BCUT2D eigenvalue weighted by atomic mass is 10.0. The van der Waals surface area contributed by atoms with E-state index in [4.69, 9.17) is 15.2 Å². The molecule has 7 nitrogen and oxygen atoms in total. The number of hydrogen-bond donors (Lipinski definition) is 2. The molecular formula is C28H25F4N3O4. The Labute approximate surface area is 221 Å². The van der Waals surface area contributed by atoms with Gasteiger partial charge in [-0.3, -0.25) is 14.5 Å². The van der Waals surface area contributed by atoms with E-state index >= 15 is 0 Å². The number of hydrogen-bond acceptors (Lipinski definition) is 6. The highest BCUT2D eigenvalue weighted by Gasteiger charge is 2.47. The molecule has 39 heavy (non-hydrogen) atoms. The molecule has 0 aromatic heterocycles. The molecule has 0 fully saturated rings. The fourth-order valence-corrected chi connectivity index (χ4v) is 5.03.